The Labute approximate surface area is 122 Å². The van der Waals surface area contributed by atoms with Gasteiger partial charge >= 0.3 is 0 Å². The summed E-state index contributed by atoms with van der Waals surface area (Å²) >= 11 is 6.13. The summed E-state index contributed by atoms with van der Waals surface area (Å²) in [5.74, 6) is 1.50. The molecule has 0 spiro atoms. The smallest absolute Gasteiger partial charge is 0.166 e. The van der Waals surface area contributed by atoms with Crippen molar-refractivity contribution < 1.29 is 9.47 Å². The second kappa shape index (κ2) is 5.69. The fourth-order valence-electron chi connectivity index (χ4n) is 2.30. The van der Waals surface area contributed by atoms with Crippen molar-refractivity contribution in [3.05, 3.63) is 52.8 Å². The van der Waals surface area contributed by atoms with Crippen LogP contribution in [0.2, 0.25) is 5.02 Å². The second-order valence-corrected chi connectivity index (χ2v) is 5.06. The maximum Gasteiger partial charge on any atom is 0.166 e. The van der Waals surface area contributed by atoms with Crippen molar-refractivity contribution >= 4 is 11.6 Å². The highest BCUT2D eigenvalue weighted by atomic mass is 35.5. The van der Waals surface area contributed by atoms with Crippen molar-refractivity contribution in [3.8, 4) is 11.5 Å². The van der Waals surface area contributed by atoms with Gasteiger partial charge in [0.2, 0.25) is 0 Å². The zero-order valence-corrected chi connectivity index (χ0v) is 11.6. The molecule has 0 bridgehead atoms. The zero-order chi connectivity index (χ0) is 13.9. The number of nitrogens with two attached hydrogens (primary N) is 1. The van der Waals surface area contributed by atoms with E-state index in [2.05, 4.69) is 4.98 Å². The van der Waals surface area contributed by atoms with Gasteiger partial charge in [-0.25, -0.2) is 0 Å². The van der Waals surface area contributed by atoms with Gasteiger partial charge in [0.1, 0.15) is 13.2 Å². The van der Waals surface area contributed by atoms with Gasteiger partial charge in [-0.3, -0.25) is 4.98 Å². The second-order valence-electron chi connectivity index (χ2n) is 4.65. The number of benzene rings is 1. The van der Waals surface area contributed by atoms with Crippen LogP contribution in [-0.2, 0) is 6.42 Å². The lowest BCUT2D eigenvalue weighted by Gasteiger charge is -2.23. The Morgan fingerprint density at radius 1 is 1.25 bits per heavy atom. The molecule has 2 aromatic rings. The molecule has 104 valence electrons. The third-order valence-corrected chi connectivity index (χ3v) is 3.63. The number of hydrogen-bond donors (Lipinski definition) is 1. The average molecular weight is 291 g/mol. The number of halogens is 1. The molecule has 1 aliphatic heterocycles. The van der Waals surface area contributed by atoms with Crippen LogP contribution in [0.1, 0.15) is 17.2 Å². The fraction of sp³-hybridized carbons (Fsp3) is 0.267. The molecule has 0 fully saturated rings. The van der Waals surface area contributed by atoms with Crippen LogP contribution in [0.15, 0.2) is 36.7 Å². The van der Waals surface area contributed by atoms with Gasteiger partial charge in [-0.1, -0.05) is 23.7 Å². The lowest BCUT2D eigenvalue weighted by molar-refractivity contribution is 0.169. The molecule has 1 atom stereocenters. The van der Waals surface area contributed by atoms with E-state index in [4.69, 9.17) is 26.8 Å². The standard InChI is InChI=1S/C15H15ClN2O2/c16-12-9-18-5-4-10(12)8-13(17)11-2-1-3-14-15(11)20-7-6-19-14/h1-5,9,13H,6-8,17H2. The quantitative estimate of drug-likeness (QED) is 0.944. The summed E-state index contributed by atoms with van der Waals surface area (Å²) in [6, 6.07) is 7.47. The van der Waals surface area contributed by atoms with Crippen molar-refractivity contribution in [1.29, 1.82) is 0 Å². The van der Waals surface area contributed by atoms with E-state index < -0.39 is 0 Å². The molecule has 1 aromatic heterocycles. The Morgan fingerprint density at radius 2 is 2.10 bits per heavy atom. The first kappa shape index (κ1) is 13.2. The van der Waals surface area contributed by atoms with E-state index in [1.54, 1.807) is 12.4 Å². The van der Waals surface area contributed by atoms with E-state index in [0.29, 0.717) is 24.7 Å². The van der Waals surface area contributed by atoms with Gasteiger partial charge < -0.3 is 15.2 Å². The van der Waals surface area contributed by atoms with Crippen molar-refractivity contribution in [1.82, 2.24) is 4.98 Å². The van der Waals surface area contributed by atoms with Crippen LogP contribution in [0, 0.1) is 0 Å². The van der Waals surface area contributed by atoms with Crippen LogP contribution in [-0.4, -0.2) is 18.2 Å². The molecule has 2 heterocycles. The molecule has 0 saturated carbocycles. The van der Waals surface area contributed by atoms with E-state index in [0.717, 1.165) is 22.6 Å². The highest BCUT2D eigenvalue weighted by molar-refractivity contribution is 6.31. The maximum atomic E-state index is 6.31. The minimum absolute atomic E-state index is 0.202. The number of rotatable bonds is 3. The fourth-order valence-corrected chi connectivity index (χ4v) is 2.50. The molecule has 20 heavy (non-hydrogen) atoms. The minimum Gasteiger partial charge on any atom is -0.486 e. The summed E-state index contributed by atoms with van der Waals surface area (Å²) in [6.45, 7) is 1.12. The van der Waals surface area contributed by atoms with Gasteiger partial charge in [-0.2, -0.15) is 0 Å². The van der Waals surface area contributed by atoms with Crippen LogP contribution in [0.4, 0.5) is 0 Å². The predicted octanol–water partition coefficient (Wildman–Crippen LogP) is 2.75. The lowest BCUT2D eigenvalue weighted by atomic mass is 9.99. The maximum absolute atomic E-state index is 6.31. The molecule has 5 heteroatoms. The van der Waals surface area contributed by atoms with Gasteiger partial charge in [0.15, 0.2) is 11.5 Å². The van der Waals surface area contributed by atoms with Crippen LogP contribution in [0.5, 0.6) is 11.5 Å². The topological polar surface area (TPSA) is 57.4 Å². The first-order chi connectivity index (χ1) is 9.75. The van der Waals surface area contributed by atoms with Crippen LogP contribution < -0.4 is 15.2 Å². The van der Waals surface area contributed by atoms with Crippen molar-refractivity contribution in [2.24, 2.45) is 5.73 Å². The third kappa shape index (κ3) is 2.57. The molecule has 4 nitrogen and oxygen atoms in total. The highest BCUT2D eigenvalue weighted by Gasteiger charge is 2.20. The van der Waals surface area contributed by atoms with Crippen LogP contribution in [0.3, 0.4) is 0 Å². The van der Waals surface area contributed by atoms with Crippen molar-refractivity contribution in [2.75, 3.05) is 13.2 Å². The largest absolute Gasteiger partial charge is 0.486 e. The summed E-state index contributed by atoms with van der Waals surface area (Å²) in [5, 5.41) is 0.630. The molecule has 2 N–H and O–H groups in total. The molecule has 0 radical (unpaired) electrons. The normalized spacial score (nSPS) is 14.9. The molecular weight excluding hydrogens is 276 g/mol. The molecule has 1 aromatic carbocycles. The first-order valence-electron chi connectivity index (χ1n) is 6.48. The minimum atomic E-state index is -0.202. The van der Waals surface area contributed by atoms with Gasteiger partial charge in [-0.05, 0) is 24.1 Å². The average Bonchev–Trinajstić information content (AvgIpc) is 2.49. The summed E-state index contributed by atoms with van der Waals surface area (Å²) in [4.78, 5) is 3.98. The molecule has 3 rings (SSSR count). The number of fused-ring (bicyclic) bond motifs is 1. The van der Waals surface area contributed by atoms with E-state index in [-0.39, 0.29) is 6.04 Å². The lowest BCUT2D eigenvalue weighted by Crippen LogP contribution is -2.20. The van der Waals surface area contributed by atoms with E-state index in [9.17, 15) is 0 Å². The Morgan fingerprint density at radius 3 is 2.95 bits per heavy atom. The van der Waals surface area contributed by atoms with Crippen LogP contribution >= 0.6 is 11.6 Å². The predicted molar refractivity (Wildman–Crippen MR) is 77.3 cm³/mol. The number of ether oxygens (including phenoxy) is 2. The number of para-hydroxylation sites is 1. The van der Waals surface area contributed by atoms with Gasteiger partial charge in [0.25, 0.3) is 0 Å². The van der Waals surface area contributed by atoms with Gasteiger partial charge in [0, 0.05) is 24.0 Å². The zero-order valence-electron chi connectivity index (χ0n) is 10.9. The summed E-state index contributed by atoms with van der Waals surface area (Å²) in [7, 11) is 0. The molecule has 0 aliphatic carbocycles. The number of pyridine rings is 1. The Hall–Kier alpha value is -1.78. The first-order valence-corrected chi connectivity index (χ1v) is 6.86. The molecular formula is C15H15ClN2O2. The third-order valence-electron chi connectivity index (χ3n) is 3.29. The highest BCUT2D eigenvalue weighted by Crippen LogP contribution is 2.37. The van der Waals surface area contributed by atoms with E-state index >= 15 is 0 Å². The van der Waals surface area contributed by atoms with Crippen molar-refractivity contribution in [3.63, 3.8) is 0 Å². The monoisotopic (exact) mass is 290 g/mol. The number of nitrogens with zero attached hydrogens (tertiary/aromatic N) is 1. The van der Waals surface area contributed by atoms with E-state index in [1.165, 1.54) is 0 Å². The molecule has 0 amide bonds. The number of aromatic nitrogens is 1. The summed E-state index contributed by atoms with van der Waals surface area (Å²) < 4.78 is 11.3. The Bertz CT molecular complexity index is 619. The number of hydrogen-bond acceptors (Lipinski definition) is 4. The van der Waals surface area contributed by atoms with E-state index in [1.807, 2.05) is 24.3 Å². The summed E-state index contributed by atoms with van der Waals surface area (Å²) in [6.07, 6.45) is 3.97. The SMILES string of the molecule is NC(Cc1ccncc1Cl)c1cccc2c1OCCO2. The molecule has 1 aliphatic rings. The van der Waals surface area contributed by atoms with Crippen molar-refractivity contribution in [2.45, 2.75) is 12.5 Å². The Balaban J connectivity index is 1.88. The van der Waals surface area contributed by atoms with Crippen LogP contribution in [0.25, 0.3) is 0 Å². The molecule has 0 saturated heterocycles. The molecule has 1 unspecified atom stereocenters. The summed E-state index contributed by atoms with van der Waals surface area (Å²) in [5.41, 5.74) is 8.22. The van der Waals surface area contributed by atoms with Gasteiger partial charge in [-0.15, -0.1) is 0 Å². The Kier molecular flexibility index (Phi) is 3.76. The van der Waals surface area contributed by atoms with Gasteiger partial charge in [0.05, 0.1) is 5.02 Å².